The molecule has 2 fully saturated rings. The highest BCUT2D eigenvalue weighted by Gasteiger charge is 2.37. The van der Waals surface area contributed by atoms with Crippen LogP contribution in [-0.4, -0.2) is 38.5 Å². The van der Waals surface area contributed by atoms with Crippen molar-refractivity contribution in [3.05, 3.63) is 0 Å². The summed E-state index contributed by atoms with van der Waals surface area (Å²) in [4.78, 5) is 0. The lowest BCUT2D eigenvalue weighted by Crippen LogP contribution is -2.40. The van der Waals surface area contributed by atoms with Crippen molar-refractivity contribution in [3.63, 3.8) is 0 Å². The van der Waals surface area contributed by atoms with Gasteiger partial charge in [-0.3, -0.25) is 0 Å². The van der Waals surface area contributed by atoms with E-state index in [0.29, 0.717) is 18.1 Å². The Kier molecular flexibility index (Phi) is 5.88. The molecule has 0 aliphatic carbocycles. The zero-order valence-electron chi connectivity index (χ0n) is 13.8. The summed E-state index contributed by atoms with van der Waals surface area (Å²) < 4.78 is 11.4. The Bertz CT molecular complexity index is 281. The van der Waals surface area contributed by atoms with Crippen LogP contribution >= 0.6 is 0 Å². The molecule has 0 amide bonds. The Morgan fingerprint density at radius 2 is 1.80 bits per heavy atom. The monoisotopic (exact) mass is 283 g/mol. The van der Waals surface area contributed by atoms with Gasteiger partial charge in [-0.2, -0.15) is 0 Å². The van der Waals surface area contributed by atoms with E-state index in [1.807, 2.05) is 0 Å². The van der Waals surface area contributed by atoms with E-state index in [-0.39, 0.29) is 5.41 Å². The van der Waals surface area contributed by atoms with E-state index in [0.717, 1.165) is 32.3 Å². The maximum atomic E-state index is 5.96. The second-order valence-corrected chi connectivity index (χ2v) is 7.81. The SMILES string of the molecule is CC(CC1CCOCC1)NC[C@H]1CCO[C@@H]1C(C)(C)C. The van der Waals surface area contributed by atoms with Crippen LogP contribution in [0.25, 0.3) is 0 Å². The molecule has 0 spiro atoms. The first kappa shape index (κ1) is 16.3. The molecule has 0 aromatic rings. The first-order valence-corrected chi connectivity index (χ1v) is 8.39. The smallest absolute Gasteiger partial charge is 0.0664 e. The molecule has 20 heavy (non-hydrogen) atoms. The van der Waals surface area contributed by atoms with E-state index in [1.165, 1.54) is 25.7 Å². The molecule has 2 heterocycles. The van der Waals surface area contributed by atoms with Crippen molar-refractivity contribution in [2.45, 2.75) is 65.5 Å². The summed E-state index contributed by atoms with van der Waals surface area (Å²) in [5, 5.41) is 3.75. The van der Waals surface area contributed by atoms with Gasteiger partial charge < -0.3 is 14.8 Å². The normalized spacial score (nSPS) is 30.6. The van der Waals surface area contributed by atoms with Crippen LogP contribution in [0, 0.1) is 17.3 Å². The van der Waals surface area contributed by atoms with E-state index in [2.05, 4.69) is 33.0 Å². The molecule has 0 bridgehead atoms. The van der Waals surface area contributed by atoms with E-state index in [4.69, 9.17) is 9.47 Å². The number of ether oxygens (including phenoxy) is 2. The van der Waals surface area contributed by atoms with Gasteiger partial charge in [0.1, 0.15) is 0 Å². The van der Waals surface area contributed by atoms with E-state index in [1.54, 1.807) is 0 Å². The molecule has 0 radical (unpaired) electrons. The topological polar surface area (TPSA) is 30.5 Å². The Labute approximate surface area is 124 Å². The molecule has 2 rings (SSSR count). The minimum Gasteiger partial charge on any atom is -0.381 e. The fraction of sp³-hybridized carbons (Fsp3) is 1.00. The Morgan fingerprint density at radius 3 is 2.45 bits per heavy atom. The lowest BCUT2D eigenvalue weighted by Gasteiger charge is -2.32. The largest absolute Gasteiger partial charge is 0.381 e. The van der Waals surface area contributed by atoms with Crippen molar-refractivity contribution in [3.8, 4) is 0 Å². The van der Waals surface area contributed by atoms with Gasteiger partial charge in [-0.1, -0.05) is 20.8 Å². The van der Waals surface area contributed by atoms with Gasteiger partial charge in [-0.15, -0.1) is 0 Å². The highest BCUT2D eigenvalue weighted by Crippen LogP contribution is 2.34. The fourth-order valence-electron chi connectivity index (χ4n) is 3.72. The Morgan fingerprint density at radius 1 is 1.10 bits per heavy atom. The molecule has 3 heteroatoms. The van der Waals surface area contributed by atoms with E-state index >= 15 is 0 Å². The molecule has 2 aliphatic rings. The summed E-state index contributed by atoms with van der Waals surface area (Å²) in [6, 6.07) is 0.610. The fourth-order valence-corrected chi connectivity index (χ4v) is 3.72. The van der Waals surface area contributed by atoms with Crippen molar-refractivity contribution in [1.82, 2.24) is 5.32 Å². The predicted molar refractivity (Wildman–Crippen MR) is 82.9 cm³/mol. The summed E-state index contributed by atoms with van der Waals surface area (Å²) in [6.45, 7) is 13.2. The highest BCUT2D eigenvalue weighted by atomic mass is 16.5. The van der Waals surface area contributed by atoms with Crippen LogP contribution in [0.15, 0.2) is 0 Å². The molecular weight excluding hydrogens is 250 g/mol. The molecule has 3 atom stereocenters. The molecule has 0 aromatic heterocycles. The standard InChI is InChI=1S/C17H33NO2/c1-13(11-14-5-8-19-9-6-14)18-12-15-7-10-20-16(15)17(2,3)4/h13-16,18H,5-12H2,1-4H3/t13?,15-,16+/m1/s1. The van der Waals surface area contributed by atoms with Gasteiger partial charge in [0.25, 0.3) is 0 Å². The molecule has 3 nitrogen and oxygen atoms in total. The summed E-state index contributed by atoms with van der Waals surface area (Å²) in [6.07, 6.45) is 5.38. The second-order valence-electron chi connectivity index (χ2n) is 7.81. The molecule has 2 aliphatic heterocycles. The van der Waals surface area contributed by atoms with Crippen LogP contribution in [0.5, 0.6) is 0 Å². The third kappa shape index (κ3) is 4.71. The highest BCUT2D eigenvalue weighted by molar-refractivity contribution is 4.87. The van der Waals surface area contributed by atoms with Crippen molar-refractivity contribution >= 4 is 0 Å². The molecule has 118 valence electrons. The molecule has 0 saturated carbocycles. The Hall–Kier alpha value is -0.120. The lowest BCUT2D eigenvalue weighted by molar-refractivity contribution is 0.00653. The molecule has 1 unspecified atom stereocenters. The van der Waals surface area contributed by atoms with Crippen molar-refractivity contribution in [2.24, 2.45) is 17.3 Å². The van der Waals surface area contributed by atoms with Crippen LogP contribution < -0.4 is 5.32 Å². The molecular formula is C17H33NO2. The van der Waals surface area contributed by atoms with Gasteiger partial charge in [0.15, 0.2) is 0 Å². The van der Waals surface area contributed by atoms with Crippen molar-refractivity contribution in [2.75, 3.05) is 26.4 Å². The maximum absolute atomic E-state index is 5.96. The quantitative estimate of drug-likeness (QED) is 0.840. The average molecular weight is 283 g/mol. The summed E-state index contributed by atoms with van der Waals surface area (Å²) in [5.74, 6) is 1.52. The number of nitrogens with one attached hydrogen (secondary N) is 1. The van der Waals surface area contributed by atoms with Crippen LogP contribution in [-0.2, 0) is 9.47 Å². The van der Waals surface area contributed by atoms with Gasteiger partial charge in [0.05, 0.1) is 6.10 Å². The van der Waals surface area contributed by atoms with Gasteiger partial charge >= 0.3 is 0 Å². The number of rotatable bonds is 5. The second kappa shape index (κ2) is 7.24. The number of hydrogen-bond acceptors (Lipinski definition) is 3. The van der Waals surface area contributed by atoms with Gasteiger partial charge in [-0.25, -0.2) is 0 Å². The van der Waals surface area contributed by atoms with Crippen LogP contribution in [0.3, 0.4) is 0 Å². The van der Waals surface area contributed by atoms with Crippen molar-refractivity contribution < 1.29 is 9.47 Å². The summed E-state index contributed by atoms with van der Waals surface area (Å²) in [5.41, 5.74) is 0.257. The van der Waals surface area contributed by atoms with Crippen LogP contribution in [0.4, 0.5) is 0 Å². The first-order valence-electron chi connectivity index (χ1n) is 8.39. The van der Waals surface area contributed by atoms with Crippen molar-refractivity contribution in [1.29, 1.82) is 0 Å². The minimum atomic E-state index is 0.257. The van der Waals surface area contributed by atoms with E-state index < -0.39 is 0 Å². The van der Waals surface area contributed by atoms with Gasteiger partial charge in [0.2, 0.25) is 0 Å². The lowest BCUT2D eigenvalue weighted by atomic mass is 9.81. The predicted octanol–water partition coefficient (Wildman–Crippen LogP) is 3.23. The number of hydrogen-bond donors (Lipinski definition) is 1. The molecule has 2 saturated heterocycles. The van der Waals surface area contributed by atoms with Crippen LogP contribution in [0.1, 0.15) is 53.4 Å². The summed E-state index contributed by atoms with van der Waals surface area (Å²) in [7, 11) is 0. The molecule has 1 N–H and O–H groups in total. The van der Waals surface area contributed by atoms with E-state index in [9.17, 15) is 0 Å². The zero-order valence-corrected chi connectivity index (χ0v) is 13.8. The maximum Gasteiger partial charge on any atom is 0.0664 e. The van der Waals surface area contributed by atoms with Gasteiger partial charge in [-0.05, 0) is 43.9 Å². The van der Waals surface area contributed by atoms with Gasteiger partial charge in [0, 0.05) is 38.3 Å². The third-order valence-corrected chi connectivity index (χ3v) is 4.82. The third-order valence-electron chi connectivity index (χ3n) is 4.82. The average Bonchev–Trinajstić information content (AvgIpc) is 2.86. The van der Waals surface area contributed by atoms with Crippen LogP contribution in [0.2, 0.25) is 0 Å². The minimum absolute atomic E-state index is 0.257. The first-order chi connectivity index (χ1) is 9.47. The Balaban J connectivity index is 1.71. The summed E-state index contributed by atoms with van der Waals surface area (Å²) >= 11 is 0. The zero-order chi connectivity index (χ0) is 14.6. The molecule has 0 aromatic carbocycles.